The Bertz CT molecular complexity index is 438. The molecule has 0 unspecified atom stereocenters. The maximum absolute atomic E-state index is 13.8. The fourth-order valence-electron chi connectivity index (χ4n) is 1.90. The van der Waals surface area contributed by atoms with Crippen molar-refractivity contribution in [2.24, 2.45) is 0 Å². The fraction of sp³-hybridized carbons (Fsp3) is 0.533. The van der Waals surface area contributed by atoms with Crippen molar-refractivity contribution in [3.63, 3.8) is 0 Å². The first-order valence-electron chi connectivity index (χ1n) is 6.96. The number of nitrogens with zero attached hydrogens (tertiary/aromatic N) is 1. The molecule has 0 bridgehead atoms. The Balaban J connectivity index is 2.58. The number of hydrogen-bond donors (Lipinski definition) is 2. The van der Waals surface area contributed by atoms with Gasteiger partial charge in [0.05, 0.1) is 12.1 Å². The van der Waals surface area contributed by atoms with E-state index in [9.17, 15) is 9.18 Å². The van der Waals surface area contributed by atoms with Gasteiger partial charge >= 0.3 is 5.97 Å². The van der Waals surface area contributed by atoms with Crippen LogP contribution in [0.2, 0.25) is 0 Å². The van der Waals surface area contributed by atoms with Crippen molar-refractivity contribution >= 4 is 11.7 Å². The maximum Gasteiger partial charge on any atom is 0.304 e. The molecule has 0 aliphatic rings. The minimum Gasteiger partial charge on any atom is -0.481 e. The molecule has 0 radical (unpaired) electrons. The molecule has 0 aliphatic heterocycles. The van der Waals surface area contributed by atoms with Crippen LogP contribution >= 0.6 is 0 Å². The van der Waals surface area contributed by atoms with Crippen molar-refractivity contribution < 1.29 is 14.3 Å². The van der Waals surface area contributed by atoms with E-state index in [1.54, 1.807) is 6.07 Å². The van der Waals surface area contributed by atoms with E-state index < -0.39 is 5.97 Å². The van der Waals surface area contributed by atoms with Crippen LogP contribution < -0.4 is 10.2 Å². The van der Waals surface area contributed by atoms with Gasteiger partial charge in [-0.25, -0.2) is 4.39 Å². The summed E-state index contributed by atoms with van der Waals surface area (Å²) in [6.45, 7) is 3.88. The first kappa shape index (κ1) is 16.4. The lowest BCUT2D eigenvalue weighted by Crippen LogP contribution is -2.21. The van der Waals surface area contributed by atoms with Crippen LogP contribution in [0.5, 0.6) is 0 Å². The standard InChI is InChI=1S/C15H23FN2O2/c1-3-4-9-18(2)14-10-12(5-6-13(14)16)11-17-8-7-15(19)20/h5-6,10,17H,3-4,7-9,11H2,1-2H3,(H,19,20). The van der Waals surface area contributed by atoms with Gasteiger partial charge in [-0.1, -0.05) is 19.4 Å². The van der Waals surface area contributed by atoms with Gasteiger partial charge in [-0.05, 0) is 24.1 Å². The topological polar surface area (TPSA) is 52.6 Å². The number of unbranched alkanes of at least 4 members (excludes halogenated alkanes) is 1. The summed E-state index contributed by atoms with van der Waals surface area (Å²) in [6.07, 6.45) is 2.18. The Labute approximate surface area is 119 Å². The van der Waals surface area contributed by atoms with E-state index in [1.807, 2.05) is 18.0 Å². The molecular weight excluding hydrogens is 259 g/mol. The number of hydrogen-bond acceptors (Lipinski definition) is 3. The Morgan fingerprint density at radius 1 is 1.45 bits per heavy atom. The molecule has 0 saturated carbocycles. The van der Waals surface area contributed by atoms with Gasteiger partial charge in [0.25, 0.3) is 0 Å². The summed E-state index contributed by atoms with van der Waals surface area (Å²) in [5.41, 5.74) is 1.55. The average molecular weight is 282 g/mol. The maximum atomic E-state index is 13.8. The van der Waals surface area contributed by atoms with Crippen LogP contribution in [0.3, 0.4) is 0 Å². The van der Waals surface area contributed by atoms with E-state index in [0.29, 0.717) is 18.8 Å². The molecule has 20 heavy (non-hydrogen) atoms. The molecule has 0 saturated heterocycles. The normalized spacial score (nSPS) is 10.6. The second-order valence-electron chi connectivity index (χ2n) is 4.88. The lowest BCUT2D eigenvalue weighted by molar-refractivity contribution is -0.136. The Morgan fingerprint density at radius 2 is 2.20 bits per heavy atom. The number of nitrogens with one attached hydrogen (secondary N) is 1. The molecule has 5 heteroatoms. The molecule has 0 aromatic heterocycles. The first-order valence-corrected chi connectivity index (χ1v) is 6.96. The van der Waals surface area contributed by atoms with Crippen molar-refractivity contribution in [2.75, 3.05) is 25.0 Å². The number of halogens is 1. The van der Waals surface area contributed by atoms with Crippen molar-refractivity contribution in [1.29, 1.82) is 0 Å². The molecule has 0 amide bonds. The second-order valence-corrected chi connectivity index (χ2v) is 4.88. The van der Waals surface area contributed by atoms with Crippen molar-refractivity contribution in [3.05, 3.63) is 29.6 Å². The summed E-state index contributed by atoms with van der Waals surface area (Å²) >= 11 is 0. The van der Waals surface area contributed by atoms with Crippen LogP contribution in [0.1, 0.15) is 31.7 Å². The molecule has 2 N–H and O–H groups in total. The Morgan fingerprint density at radius 3 is 2.85 bits per heavy atom. The highest BCUT2D eigenvalue weighted by molar-refractivity contribution is 5.66. The van der Waals surface area contributed by atoms with Crippen LogP contribution in [0.25, 0.3) is 0 Å². The lowest BCUT2D eigenvalue weighted by Gasteiger charge is -2.20. The van der Waals surface area contributed by atoms with E-state index in [4.69, 9.17) is 5.11 Å². The predicted octanol–water partition coefficient (Wildman–Crippen LogP) is 2.63. The second kappa shape index (κ2) is 8.53. The largest absolute Gasteiger partial charge is 0.481 e. The third kappa shape index (κ3) is 5.57. The summed E-state index contributed by atoms with van der Waals surface area (Å²) in [7, 11) is 1.88. The van der Waals surface area contributed by atoms with E-state index in [0.717, 1.165) is 24.9 Å². The van der Waals surface area contributed by atoms with Gasteiger partial charge in [0.2, 0.25) is 0 Å². The monoisotopic (exact) mass is 282 g/mol. The number of anilines is 1. The van der Waals surface area contributed by atoms with Gasteiger partial charge in [0.1, 0.15) is 5.82 Å². The molecule has 1 rings (SSSR count). The van der Waals surface area contributed by atoms with Gasteiger partial charge in [-0.2, -0.15) is 0 Å². The fourth-order valence-corrected chi connectivity index (χ4v) is 1.90. The molecule has 1 aromatic rings. The summed E-state index contributed by atoms with van der Waals surface area (Å²) in [5, 5.41) is 11.6. The molecule has 112 valence electrons. The summed E-state index contributed by atoms with van der Waals surface area (Å²) < 4.78 is 13.8. The number of carbonyl (C=O) groups is 1. The zero-order valence-electron chi connectivity index (χ0n) is 12.2. The lowest BCUT2D eigenvalue weighted by atomic mass is 10.1. The highest BCUT2D eigenvalue weighted by Crippen LogP contribution is 2.20. The third-order valence-corrected chi connectivity index (χ3v) is 3.11. The third-order valence-electron chi connectivity index (χ3n) is 3.11. The van der Waals surface area contributed by atoms with Crippen LogP contribution in [-0.2, 0) is 11.3 Å². The molecule has 0 spiro atoms. The zero-order chi connectivity index (χ0) is 15.0. The van der Waals surface area contributed by atoms with Crippen LogP contribution in [-0.4, -0.2) is 31.2 Å². The van der Waals surface area contributed by atoms with E-state index in [-0.39, 0.29) is 12.2 Å². The average Bonchev–Trinajstić information content (AvgIpc) is 2.42. The first-order chi connectivity index (χ1) is 9.54. The molecule has 1 aromatic carbocycles. The number of carboxylic acids is 1. The van der Waals surface area contributed by atoms with Crippen molar-refractivity contribution in [2.45, 2.75) is 32.7 Å². The molecule has 4 nitrogen and oxygen atoms in total. The summed E-state index contributed by atoms with van der Waals surface area (Å²) in [4.78, 5) is 12.3. The quantitative estimate of drug-likeness (QED) is 0.684. The summed E-state index contributed by atoms with van der Waals surface area (Å²) in [5.74, 6) is -1.05. The number of aliphatic carboxylic acids is 1. The molecule has 0 fully saturated rings. The van der Waals surface area contributed by atoms with Crippen LogP contribution in [0.15, 0.2) is 18.2 Å². The zero-order valence-corrected chi connectivity index (χ0v) is 12.2. The summed E-state index contributed by atoms with van der Waals surface area (Å²) in [6, 6.07) is 5.00. The number of rotatable bonds is 9. The molecule has 0 atom stereocenters. The molecule has 0 aliphatic carbocycles. The molecular formula is C15H23FN2O2. The SMILES string of the molecule is CCCCN(C)c1cc(CNCCC(=O)O)ccc1F. The number of carboxylic acid groups (broad SMARTS) is 1. The minimum absolute atomic E-state index is 0.0878. The smallest absolute Gasteiger partial charge is 0.304 e. The molecule has 0 heterocycles. The van der Waals surface area contributed by atoms with Gasteiger partial charge < -0.3 is 15.3 Å². The van der Waals surface area contributed by atoms with Crippen molar-refractivity contribution in [3.8, 4) is 0 Å². The highest BCUT2D eigenvalue weighted by atomic mass is 19.1. The number of benzene rings is 1. The Hall–Kier alpha value is -1.62. The van der Waals surface area contributed by atoms with E-state index >= 15 is 0 Å². The van der Waals surface area contributed by atoms with Gasteiger partial charge in [0, 0.05) is 26.7 Å². The highest BCUT2D eigenvalue weighted by Gasteiger charge is 2.08. The van der Waals surface area contributed by atoms with Crippen molar-refractivity contribution in [1.82, 2.24) is 5.32 Å². The minimum atomic E-state index is -0.823. The van der Waals surface area contributed by atoms with Crippen LogP contribution in [0, 0.1) is 5.82 Å². The van der Waals surface area contributed by atoms with Gasteiger partial charge in [-0.15, -0.1) is 0 Å². The van der Waals surface area contributed by atoms with Gasteiger partial charge in [0.15, 0.2) is 0 Å². The van der Waals surface area contributed by atoms with E-state index in [2.05, 4.69) is 12.2 Å². The Kier molecular flexibility index (Phi) is 7.01. The van der Waals surface area contributed by atoms with Gasteiger partial charge in [-0.3, -0.25) is 4.79 Å². The predicted molar refractivity (Wildman–Crippen MR) is 78.5 cm³/mol. The van der Waals surface area contributed by atoms with E-state index in [1.165, 1.54) is 6.07 Å². The van der Waals surface area contributed by atoms with Crippen LogP contribution in [0.4, 0.5) is 10.1 Å².